The van der Waals surface area contributed by atoms with Crippen molar-refractivity contribution in [1.82, 2.24) is 15.2 Å². The van der Waals surface area contributed by atoms with E-state index in [1.807, 2.05) is 6.92 Å². The highest BCUT2D eigenvalue weighted by Gasteiger charge is 2.28. The lowest BCUT2D eigenvalue weighted by molar-refractivity contribution is -0.133. The summed E-state index contributed by atoms with van der Waals surface area (Å²) in [4.78, 5) is 29.4. The van der Waals surface area contributed by atoms with Crippen LogP contribution in [-0.4, -0.2) is 46.9 Å². The molecule has 0 aliphatic carbocycles. The van der Waals surface area contributed by atoms with Crippen molar-refractivity contribution in [2.24, 2.45) is 11.7 Å². The number of carbonyl (C=O) groups is 2. The number of nitrogens with one attached hydrogen (secondary N) is 1. The van der Waals surface area contributed by atoms with Gasteiger partial charge in [0.15, 0.2) is 5.82 Å². The second kappa shape index (κ2) is 7.50. The molecule has 7 heteroatoms. The first kappa shape index (κ1) is 17.3. The van der Waals surface area contributed by atoms with Crippen LogP contribution < -0.4 is 11.1 Å². The molecule has 2 atom stereocenters. The van der Waals surface area contributed by atoms with Gasteiger partial charge in [0.25, 0.3) is 5.91 Å². The molecule has 1 aromatic heterocycles. The summed E-state index contributed by atoms with van der Waals surface area (Å²) in [6.45, 7) is 4.86. The maximum atomic E-state index is 13.6. The number of piperidine rings is 1. The van der Waals surface area contributed by atoms with Crippen molar-refractivity contribution >= 4 is 11.8 Å². The predicted molar refractivity (Wildman–Crippen MR) is 84.1 cm³/mol. The van der Waals surface area contributed by atoms with Crippen molar-refractivity contribution in [2.45, 2.75) is 38.8 Å². The van der Waals surface area contributed by atoms with E-state index in [0.29, 0.717) is 13.1 Å². The number of aromatic nitrogens is 1. The fourth-order valence-corrected chi connectivity index (χ4v) is 2.87. The number of halogens is 1. The first-order valence-electron chi connectivity index (χ1n) is 7.85. The van der Waals surface area contributed by atoms with Gasteiger partial charge >= 0.3 is 0 Å². The Labute approximate surface area is 135 Å². The molecule has 1 unspecified atom stereocenters. The Morgan fingerprint density at radius 1 is 1.39 bits per heavy atom. The van der Waals surface area contributed by atoms with Gasteiger partial charge in [-0.3, -0.25) is 14.6 Å². The summed E-state index contributed by atoms with van der Waals surface area (Å²) in [6, 6.07) is 0.780. The lowest BCUT2D eigenvalue weighted by atomic mass is 9.90. The van der Waals surface area contributed by atoms with Gasteiger partial charge in [0.1, 0.15) is 0 Å². The van der Waals surface area contributed by atoms with Crippen LogP contribution in [0.3, 0.4) is 0 Å². The van der Waals surface area contributed by atoms with Crippen LogP contribution in [0.4, 0.5) is 4.39 Å². The average Bonchev–Trinajstić information content (AvgIpc) is 2.54. The van der Waals surface area contributed by atoms with Gasteiger partial charge in [-0.05, 0) is 38.7 Å². The molecule has 0 bridgehead atoms. The average molecular weight is 322 g/mol. The predicted octanol–water partition coefficient (Wildman–Crippen LogP) is 0.925. The van der Waals surface area contributed by atoms with Crippen molar-refractivity contribution in [2.75, 3.05) is 13.1 Å². The lowest BCUT2D eigenvalue weighted by Crippen LogP contribution is -2.49. The third-order valence-corrected chi connectivity index (χ3v) is 4.32. The van der Waals surface area contributed by atoms with Gasteiger partial charge in [-0.2, -0.15) is 0 Å². The summed E-state index contributed by atoms with van der Waals surface area (Å²) in [5.41, 5.74) is 5.61. The van der Waals surface area contributed by atoms with Gasteiger partial charge in [-0.1, -0.05) is 0 Å². The Kier molecular flexibility index (Phi) is 5.65. The van der Waals surface area contributed by atoms with E-state index in [4.69, 9.17) is 5.73 Å². The number of nitrogens with two attached hydrogens (primary N) is 1. The maximum absolute atomic E-state index is 13.6. The minimum atomic E-state index is -0.630. The molecular weight excluding hydrogens is 299 g/mol. The molecule has 0 saturated carbocycles. The minimum absolute atomic E-state index is 0.00331. The molecule has 2 amide bonds. The van der Waals surface area contributed by atoms with Crippen LogP contribution in [0.2, 0.25) is 0 Å². The number of nitrogens with zero attached hydrogens (tertiary/aromatic N) is 2. The van der Waals surface area contributed by atoms with Gasteiger partial charge in [-0.25, -0.2) is 4.39 Å². The summed E-state index contributed by atoms with van der Waals surface area (Å²) in [5, 5.41) is 2.84. The molecule has 1 fully saturated rings. The van der Waals surface area contributed by atoms with Crippen LogP contribution in [0.1, 0.15) is 37.0 Å². The van der Waals surface area contributed by atoms with Gasteiger partial charge < -0.3 is 16.0 Å². The fraction of sp³-hybridized carbons (Fsp3) is 0.562. The van der Waals surface area contributed by atoms with Crippen LogP contribution in [0.15, 0.2) is 18.5 Å². The molecule has 1 aliphatic heterocycles. The van der Waals surface area contributed by atoms with Crippen LogP contribution in [-0.2, 0) is 4.79 Å². The summed E-state index contributed by atoms with van der Waals surface area (Å²) >= 11 is 0. The van der Waals surface area contributed by atoms with Gasteiger partial charge in [0.2, 0.25) is 5.91 Å². The van der Waals surface area contributed by atoms with E-state index in [2.05, 4.69) is 10.3 Å². The van der Waals surface area contributed by atoms with E-state index in [1.165, 1.54) is 12.3 Å². The molecule has 2 rings (SSSR count). The molecule has 3 N–H and O–H groups in total. The fourth-order valence-electron chi connectivity index (χ4n) is 2.87. The summed E-state index contributed by atoms with van der Waals surface area (Å²) < 4.78 is 13.6. The number of amides is 2. The number of rotatable bonds is 4. The van der Waals surface area contributed by atoms with Crippen LogP contribution in [0.25, 0.3) is 0 Å². The number of likely N-dealkylation sites (tertiary alicyclic amines) is 1. The van der Waals surface area contributed by atoms with E-state index >= 15 is 0 Å². The molecule has 23 heavy (non-hydrogen) atoms. The number of pyridine rings is 1. The monoisotopic (exact) mass is 322 g/mol. The molecule has 1 saturated heterocycles. The third-order valence-electron chi connectivity index (χ3n) is 4.32. The highest BCUT2D eigenvalue weighted by molar-refractivity contribution is 5.94. The molecular formula is C16H23FN4O2. The lowest BCUT2D eigenvalue weighted by Gasteiger charge is -2.35. The highest BCUT2D eigenvalue weighted by Crippen LogP contribution is 2.21. The Morgan fingerprint density at radius 3 is 2.61 bits per heavy atom. The second-order valence-corrected chi connectivity index (χ2v) is 6.07. The molecule has 6 nitrogen and oxygen atoms in total. The zero-order valence-electron chi connectivity index (χ0n) is 13.5. The molecule has 126 valence electrons. The first-order chi connectivity index (χ1) is 10.9. The molecule has 0 spiro atoms. The minimum Gasteiger partial charge on any atom is -0.349 e. The number of hydrogen-bond donors (Lipinski definition) is 2. The van der Waals surface area contributed by atoms with Crippen molar-refractivity contribution in [1.29, 1.82) is 0 Å². The van der Waals surface area contributed by atoms with Gasteiger partial charge in [-0.15, -0.1) is 0 Å². The molecule has 0 radical (unpaired) electrons. The molecule has 2 heterocycles. The first-order valence-corrected chi connectivity index (χ1v) is 7.85. The van der Waals surface area contributed by atoms with Crippen molar-refractivity contribution in [3.05, 3.63) is 29.8 Å². The highest BCUT2D eigenvalue weighted by atomic mass is 19.1. The Bertz CT molecular complexity index is 571. The van der Waals surface area contributed by atoms with E-state index in [0.717, 1.165) is 19.0 Å². The topological polar surface area (TPSA) is 88.3 Å². The standard InChI is InChI=1S/C16H23FN4O2/c1-10(18)16(23)21-7-4-12(5-8-21)11(2)20-15(22)13-3-6-19-9-14(13)17/h3,6,9-12H,4-5,7-8,18H2,1-2H3,(H,20,22)/t10-,11?/m0/s1. The summed E-state index contributed by atoms with van der Waals surface area (Å²) in [6.07, 6.45) is 4.00. The largest absolute Gasteiger partial charge is 0.349 e. The Morgan fingerprint density at radius 2 is 2.04 bits per heavy atom. The van der Waals surface area contributed by atoms with Crippen molar-refractivity contribution < 1.29 is 14.0 Å². The van der Waals surface area contributed by atoms with E-state index in [-0.39, 0.29) is 23.4 Å². The second-order valence-electron chi connectivity index (χ2n) is 6.07. The molecule has 1 aliphatic rings. The van der Waals surface area contributed by atoms with Crippen LogP contribution in [0, 0.1) is 11.7 Å². The Hall–Kier alpha value is -2.02. The van der Waals surface area contributed by atoms with Crippen molar-refractivity contribution in [3.8, 4) is 0 Å². The zero-order valence-corrected chi connectivity index (χ0v) is 13.5. The summed E-state index contributed by atoms with van der Waals surface area (Å²) in [7, 11) is 0. The summed E-state index contributed by atoms with van der Waals surface area (Å²) in [5.74, 6) is -0.860. The molecule has 0 aromatic carbocycles. The smallest absolute Gasteiger partial charge is 0.254 e. The Balaban J connectivity index is 1.88. The van der Waals surface area contributed by atoms with E-state index < -0.39 is 17.8 Å². The SMILES string of the molecule is CC(NC(=O)c1ccncc1F)C1CCN(C(=O)[C@H](C)N)CC1. The normalized spacial score (nSPS) is 18.3. The zero-order chi connectivity index (χ0) is 17.0. The van der Waals surface area contributed by atoms with Crippen molar-refractivity contribution in [3.63, 3.8) is 0 Å². The number of carbonyl (C=O) groups excluding carboxylic acids is 2. The maximum Gasteiger partial charge on any atom is 0.254 e. The van der Waals surface area contributed by atoms with E-state index in [9.17, 15) is 14.0 Å². The quantitative estimate of drug-likeness (QED) is 0.863. The number of hydrogen-bond acceptors (Lipinski definition) is 4. The van der Waals surface area contributed by atoms with Crippen LogP contribution >= 0.6 is 0 Å². The van der Waals surface area contributed by atoms with E-state index in [1.54, 1.807) is 11.8 Å². The van der Waals surface area contributed by atoms with Gasteiger partial charge in [0.05, 0.1) is 17.8 Å². The third kappa shape index (κ3) is 4.25. The van der Waals surface area contributed by atoms with Gasteiger partial charge in [0, 0.05) is 25.3 Å². The molecule has 1 aromatic rings. The van der Waals surface area contributed by atoms with Crippen LogP contribution in [0.5, 0.6) is 0 Å².